The largest absolute Gasteiger partial charge is 0.486 e. The molecule has 8 nitrogen and oxygen atoms in total. The zero-order valence-electron chi connectivity index (χ0n) is 20.1. The van der Waals surface area contributed by atoms with E-state index in [1.165, 1.54) is 0 Å². The average Bonchev–Trinajstić information content (AvgIpc) is 3.52. The summed E-state index contributed by atoms with van der Waals surface area (Å²) >= 11 is 0. The normalized spacial score (nSPS) is 20.2. The van der Waals surface area contributed by atoms with Crippen LogP contribution in [0.5, 0.6) is 11.5 Å². The van der Waals surface area contributed by atoms with Crippen molar-refractivity contribution < 1.29 is 14.3 Å². The second kappa shape index (κ2) is 9.51. The Morgan fingerprint density at radius 1 is 0.971 bits per heavy atom. The van der Waals surface area contributed by atoms with E-state index in [2.05, 4.69) is 37.8 Å². The molecule has 0 spiro atoms. The van der Waals surface area contributed by atoms with Crippen LogP contribution in [0.3, 0.4) is 0 Å². The molecule has 184 valence electrons. The molecule has 3 aromatic rings. The van der Waals surface area contributed by atoms with Gasteiger partial charge in [-0.1, -0.05) is 25.0 Å². The molecule has 0 unspecified atom stereocenters. The number of amides is 1. The van der Waals surface area contributed by atoms with Crippen molar-refractivity contribution in [3.05, 3.63) is 60.0 Å². The summed E-state index contributed by atoms with van der Waals surface area (Å²) in [7, 11) is 0. The second-order valence-corrected chi connectivity index (χ2v) is 9.95. The van der Waals surface area contributed by atoms with E-state index < -0.39 is 0 Å². The highest BCUT2D eigenvalue weighted by Gasteiger charge is 2.38. The maximum Gasteiger partial charge on any atom is 0.234 e. The summed E-state index contributed by atoms with van der Waals surface area (Å²) in [6.45, 7) is 6.08. The summed E-state index contributed by atoms with van der Waals surface area (Å²) in [5.41, 5.74) is 2.89. The van der Waals surface area contributed by atoms with Crippen LogP contribution in [0.25, 0.3) is 5.65 Å². The van der Waals surface area contributed by atoms with Gasteiger partial charge in [0.2, 0.25) is 5.91 Å². The lowest BCUT2D eigenvalue weighted by molar-refractivity contribution is -0.124. The van der Waals surface area contributed by atoms with Gasteiger partial charge in [0, 0.05) is 45.1 Å². The van der Waals surface area contributed by atoms with E-state index >= 15 is 0 Å². The van der Waals surface area contributed by atoms with Crippen LogP contribution in [-0.2, 0) is 16.9 Å². The van der Waals surface area contributed by atoms with E-state index in [1.54, 1.807) is 0 Å². The number of aromatic nitrogens is 2. The fourth-order valence-corrected chi connectivity index (χ4v) is 5.71. The number of imidazole rings is 1. The standard InChI is InChI=1S/C27H33N5O3/c33-26(29-27(8-2-3-9-27)21-6-7-23-24(17-21)35-16-15-34-23)20-31-13-11-30(12-14-31)18-22-19-32-10-4-1-5-25(32)28-22/h1,4-7,10,17,19H,2-3,8-9,11-16,18,20H2,(H,29,33). The average molecular weight is 476 g/mol. The highest BCUT2D eigenvalue weighted by molar-refractivity contribution is 5.79. The molecule has 0 bridgehead atoms. The van der Waals surface area contributed by atoms with Crippen LogP contribution in [-0.4, -0.2) is 71.0 Å². The topological polar surface area (TPSA) is 71.3 Å². The summed E-state index contributed by atoms with van der Waals surface area (Å²) in [6, 6.07) is 12.2. The number of ether oxygens (including phenoxy) is 2. The van der Waals surface area contributed by atoms with Crippen LogP contribution in [0.2, 0.25) is 0 Å². The second-order valence-electron chi connectivity index (χ2n) is 9.95. The first-order valence-electron chi connectivity index (χ1n) is 12.8. The number of fused-ring (bicyclic) bond motifs is 2. The Morgan fingerprint density at radius 3 is 2.54 bits per heavy atom. The van der Waals surface area contributed by atoms with E-state index in [0.29, 0.717) is 19.8 Å². The number of rotatable bonds is 6. The number of carbonyl (C=O) groups is 1. The molecule has 6 rings (SSSR count). The summed E-state index contributed by atoms with van der Waals surface area (Å²) in [5.74, 6) is 1.69. The highest BCUT2D eigenvalue weighted by atomic mass is 16.6. The van der Waals surface area contributed by atoms with Gasteiger partial charge in [0.05, 0.1) is 17.8 Å². The first-order valence-corrected chi connectivity index (χ1v) is 12.8. The third kappa shape index (κ3) is 4.73. The molecule has 0 atom stereocenters. The molecular weight excluding hydrogens is 442 g/mol. The van der Waals surface area contributed by atoms with Gasteiger partial charge in [0.15, 0.2) is 11.5 Å². The lowest BCUT2D eigenvalue weighted by Crippen LogP contribution is -2.52. The quantitative estimate of drug-likeness (QED) is 0.591. The summed E-state index contributed by atoms with van der Waals surface area (Å²) in [4.78, 5) is 22.6. The van der Waals surface area contributed by atoms with Gasteiger partial charge in [-0.3, -0.25) is 14.6 Å². The first kappa shape index (κ1) is 22.4. The van der Waals surface area contributed by atoms with Gasteiger partial charge in [0.1, 0.15) is 18.9 Å². The van der Waals surface area contributed by atoms with Gasteiger partial charge in [-0.05, 0) is 42.7 Å². The van der Waals surface area contributed by atoms with Gasteiger partial charge in [-0.15, -0.1) is 0 Å². The van der Waals surface area contributed by atoms with Crippen molar-refractivity contribution in [1.82, 2.24) is 24.5 Å². The lowest BCUT2D eigenvalue weighted by Gasteiger charge is -2.36. The molecule has 2 aliphatic heterocycles. The molecule has 1 saturated heterocycles. The van der Waals surface area contributed by atoms with E-state index in [-0.39, 0.29) is 11.4 Å². The number of nitrogens with one attached hydrogen (secondary N) is 1. The Hall–Kier alpha value is -3.10. The number of piperazine rings is 1. The van der Waals surface area contributed by atoms with Crippen molar-refractivity contribution in [2.45, 2.75) is 37.8 Å². The Kier molecular flexibility index (Phi) is 6.08. The minimum Gasteiger partial charge on any atom is -0.486 e. The van der Waals surface area contributed by atoms with Crippen molar-refractivity contribution in [2.24, 2.45) is 0 Å². The first-order chi connectivity index (χ1) is 17.2. The van der Waals surface area contributed by atoms with Crippen molar-refractivity contribution in [3.8, 4) is 11.5 Å². The van der Waals surface area contributed by atoms with Crippen molar-refractivity contribution in [3.63, 3.8) is 0 Å². The third-order valence-corrected chi connectivity index (χ3v) is 7.56. The molecule has 35 heavy (non-hydrogen) atoms. The lowest BCUT2D eigenvalue weighted by atomic mass is 9.87. The summed E-state index contributed by atoms with van der Waals surface area (Å²) in [5, 5.41) is 3.43. The number of hydrogen-bond acceptors (Lipinski definition) is 6. The number of benzene rings is 1. The molecule has 1 N–H and O–H groups in total. The van der Waals surface area contributed by atoms with Crippen LogP contribution in [0.4, 0.5) is 0 Å². The Bertz CT molecular complexity index is 1160. The van der Waals surface area contributed by atoms with Crippen LogP contribution in [0.15, 0.2) is 48.8 Å². The van der Waals surface area contributed by atoms with E-state index in [0.717, 1.165) is 86.8 Å². The van der Waals surface area contributed by atoms with E-state index in [1.807, 2.05) is 30.5 Å². The monoisotopic (exact) mass is 475 g/mol. The smallest absolute Gasteiger partial charge is 0.234 e. The SMILES string of the molecule is O=C(CN1CCN(Cc2cn3ccccc3n2)CC1)NC1(c2ccc3c(c2)OCCO3)CCCC1. The van der Waals surface area contributed by atoms with Crippen molar-refractivity contribution in [2.75, 3.05) is 45.9 Å². The molecule has 2 fully saturated rings. The molecule has 4 heterocycles. The van der Waals surface area contributed by atoms with Crippen LogP contribution < -0.4 is 14.8 Å². The van der Waals surface area contributed by atoms with Crippen LogP contribution >= 0.6 is 0 Å². The Morgan fingerprint density at radius 2 is 1.74 bits per heavy atom. The molecule has 3 aliphatic rings. The molecule has 8 heteroatoms. The Balaban J connectivity index is 1.05. The Labute approximate surface area is 205 Å². The predicted molar refractivity (Wildman–Crippen MR) is 133 cm³/mol. The number of pyridine rings is 1. The van der Waals surface area contributed by atoms with Gasteiger partial charge in [-0.2, -0.15) is 0 Å². The number of nitrogens with zero attached hydrogens (tertiary/aromatic N) is 4. The molecule has 0 radical (unpaired) electrons. The van der Waals surface area contributed by atoms with Gasteiger partial charge < -0.3 is 19.2 Å². The summed E-state index contributed by atoms with van der Waals surface area (Å²) < 4.78 is 13.6. The van der Waals surface area contributed by atoms with Gasteiger partial charge >= 0.3 is 0 Å². The highest BCUT2D eigenvalue weighted by Crippen LogP contribution is 2.42. The molecule has 1 amide bonds. The maximum absolute atomic E-state index is 13.2. The summed E-state index contributed by atoms with van der Waals surface area (Å²) in [6.07, 6.45) is 8.31. The zero-order valence-corrected chi connectivity index (χ0v) is 20.1. The van der Waals surface area contributed by atoms with E-state index in [9.17, 15) is 4.79 Å². The van der Waals surface area contributed by atoms with Crippen molar-refractivity contribution in [1.29, 1.82) is 0 Å². The minimum absolute atomic E-state index is 0.107. The number of carbonyl (C=O) groups excluding carboxylic acids is 1. The zero-order chi connectivity index (χ0) is 23.7. The number of hydrogen-bond donors (Lipinski definition) is 1. The van der Waals surface area contributed by atoms with Gasteiger partial charge in [0.25, 0.3) is 0 Å². The van der Waals surface area contributed by atoms with E-state index in [4.69, 9.17) is 14.5 Å². The molecule has 1 aliphatic carbocycles. The van der Waals surface area contributed by atoms with Crippen LogP contribution in [0.1, 0.15) is 36.9 Å². The minimum atomic E-state index is -0.308. The molecule has 1 aromatic carbocycles. The van der Waals surface area contributed by atoms with Gasteiger partial charge in [-0.25, -0.2) is 4.98 Å². The fourth-order valence-electron chi connectivity index (χ4n) is 5.71. The van der Waals surface area contributed by atoms with Crippen molar-refractivity contribution >= 4 is 11.6 Å². The molecule has 1 saturated carbocycles. The van der Waals surface area contributed by atoms with Crippen LogP contribution in [0, 0.1) is 0 Å². The predicted octanol–water partition coefficient (Wildman–Crippen LogP) is 2.81. The fraction of sp³-hybridized carbons (Fsp3) is 0.481. The molecule has 2 aromatic heterocycles. The maximum atomic E-state index is 13.2. The third-order valence-electron chi connectivity index (χ3n) is 7.56. The molecular formula is C27H33N5O3.